The van der Waals surface area contributed by atoms with E-state index >= 15 is 0 Å². The predicted molar refractivity (Wildman–Crippen MR) is 88.1 cm³/mol. The molecule has 0 aliphatic heterocycles. The zero-order valence-electron chi connectivity index (χ0n) is 13.5. The minimum absolute atomic E-state index is 0.226. The number of phenolic OH excluding ortho intramolecular Hbond substituents is 1. The average molecular weight is 315 g/mol. The summed E-state index contributed by atoms with van der Waals surface area (Å²) in [5.41, 5.74) is 9.00. The van der Waals surface area contributed by atoms with Crippen molar-refractivity contribution >= 4 is 5.97 Å². The van der Waals surface area contributed by atoms with E-state index in [-0.39, 0.29) is 12.2 Å². The molecule has 4 N–H and O–H groups in total. The molecule has 2 aromatic carbocycles. The number of hydrogen-bond acceptors (Lipinski definition) is 4. The Kier molecular flexibility index (Phi) is 4.91. The van der Waals surface area contributed by atoms with Crippen molar-refractivity contribution in [2.75, 3.05) is 0 Å². The number of rotatable bonds is 5. The Balaban J connectivity index is 2.26. The van der Waals surface area contributed by atoms with Gasteiger partial charge in [0.1, 0.15) is 23.3 Å². The molecular weight excluding hydrogens is 294 g/mol. The Morgan fingerprint density at radius 2 is 1.74 bits per heavy atom. The maximum atomic E-state index is 10.9. The first kappa shape index (κ1) is 16.8. The number of carboxylic acids is 1. The van der Waals surface area contributed by atoms with Gasteiger partial charge in [0.2, 0.25) is 0 Å². The zero-order valence-corrected chi connectivity index (χ0v) is 13.5. The van der Waals surface area contributed by atoms with Crippen molar-refractivity contribution in [3.05, 3.63) is 52.6 Å². The van der Waals surface area contributed by atoms with Crippen LogP contribution in [0.5, 0.6) is 17.2 Å². The van der Waals surface area contributed by atoms with E-state index < -0.39 is 12.0 Å². The molecule has 1 atom stereocenters. The first-order valence-corrected chi connectivity index (χ1v) is 7.34. The number of aromatic hydroxyl groups is 1. The summed E-state index contributed by atoms with van der Waals surface area (Å²) in [7, 11) is 0. The van der Waals surface area contributed by atoms with Crippen molar-refractivity contribution in [2.45, 2.75) is 33.2 Å². The smallest absolute Gasteiger partial charge is 0.320 e. The lowest BCUT2D eigenvalue weighted by atomic mass is 10.0. The third-order valence-electron chi connectivity index (χ3n) is 3.68. The first-order chi connectivity index (χ1) is 10.8. The fourth-order valence-electron chi connectivity index (χ4n) is 2.47. The summed E-state index contributed by atoms with van der Waals surface area (Å²) in [6, 6.07) is 7.92. The van der Waals surface area contributed by atoms with Crippen LogP contribution in [-0.2, 0) is 11.2 Å². The number of carboxylic acid groups (broad SMARTS) is 1. The molecule has 0 saturated heterocycles. The van der Waals surface area contributed by atoms with Crippen molar-refractivity contribution in [3.8, 4) is 17.2 Å². The maximum absolute atomic E-state index is 10.9. The van der Waals surface area contributed by atoms with Gasteiger partial charge in [-0.05, 0) is 67.6 Å². The highest BCUT2D eigenvalue weighted by Crippen LogP contribution is 2.32. The molecule has 0 spiro atoms. The molecule has 122 valence electrons. The molecule has 0 heterocycles. The standard InChI is InChI=1S/C18H21NO4/c1-10-8-14(4-5-16(10)20)23-17-11(2)6-13(7-12(17)3)9-15(19)18(21)22/h4-8,15,20H,9,19H2,1-3H3,(H,21,22)/t15-/m0/s1. The number of benzene rings is 2. The molecule has 2 aromatic rings. The highest BCUT2D eigenvalue weighted by atomic mass is 16.5. The van der Waals surface area contributed by atoms with E-state index in [9.17, 15) is 9.90 Å². The van der Waals surface area contributed by atoms with Crippen LogP contribution < -0.4 is 10.5 Å². The fourth-order valence-corrected chi connectivity index (χ4v) is 2.47. The molecule has 0 aromatic heterocycles. The number of ether oxygens (including phenoxy) is 1. The van der Waals surface area contributed by atoms with Crippen molar-refractivity contribution in [2.24, 2.45) is 5.73 Å². The lowest BCUT2D eigenvalue weighted by Crippen LogP contribution is -2.32. The van der Waals surface area contributed by atoms with Gasteiger partial charge < -0.3 is 20.7 Å². The van der Waals surface area contributed by atoms with E-state index in [1.807, 2.05) is 26.0 Å². The Morgan fingerprint density at radius 3 is 2.26 bits per heavy atom. The number of nitrogens with two attached hydrogens (primary N) is 1. The summed E-state index contributed by atoms with van der Waals surface area (Å²) in [6.45, 7) is 5.62. The second kappa shape index (κ2) is 6.71. The number of phenols is 1. The second-order valence-electron chi connectivity index (χ2n) is 5.76. The van der Waals surface area contributed by atoms with Gasteiger partial charge in [0.05, 0.1) is 0 Å². The molecule has 0 fully saturated rings. The summed E-state index contributed by atoms with van der Waals surface area (Å²) in [5.74, 6) is 0.577. The Hall–Kier alpha value is -2.53. The third kappa shape index (κ3) is 4.02. The largest absolute Gasteiger partial charge is 0.508 e. The van der Waals surface area contributed by atoms with Crippen LogP contribution in [0.25, 0.3) is 0 Å². The average Bonchev–Trinajstić information content (AvgIpc) is 2.46. The lowest BCUT2D eigenvalue weighted by Gasteiger charge is -2.15. The van der Waals surface area contributed by atoms with Crippen LogP contribution >= 0.6 is 0 Å². The highest BCUT2D eigenvalue weighted by Gasteiger charge is 2.15. The molecule has 2 rings (SSSR count). The Morgan fingerprint density at radius 1 is 1.13 bits per heavy atom. The van der Waals surface area contributed by atoms with E-state index in [0.29, 0.717) is 5.75 Å². The minimum atomic E-state index is -1.01. The maximum Gasteiger partial charge on any atom is 0.320 e. The van der Waals surface area contributed by atoms with Crippen LogP contribution in [0, 0.1) is 20.8 Å². The van der Waals surface area contributed by atoms with Gasteiger partial charge in [-0.2, -0.15) is 0 Å². The van der Waals surface area contributed by atoms with Crippen molar-refractivity contribution in [1.29, 1.82) is 0 Å². The molecule has 0 bridgehead atoms. The van der Waals surface area contributed by atoms with Crippen LogP contribution in [0.4, 0.5) is 0 Å². The highest BCUT2D eigenvalue weighted by molar-refractivity contribution is 5.73. The van der Waals surface area contributed by atoms with E-state index in [2.05, 4.69) is 0 Å². The zero-order chi connectivity index (χ0) is 17.1. The third-order valence-corrected chi connectivity index (χ3v) is 3.68. The Bertz CT molecular complexity index is 717. The van der Waals surface area contributed by atoms with Crippen molar-refractivity contribution in [3.63, 3.8) is 0 Å². The molecule has 0 radical (unpaired) electrons. The van der Waals surface area contributed by atoms with Gasteiger partial charge in [-0.1, -0.05) is 12.1 Å². The van der Waals surface area contributed by atoms with E-state index in [1.165, 1.54) is 0 Å². The SMILES string of the molecule is Cc1cc(Oc2c(C)cc(C[C@H](N)C(=O)O)cc2C)ccc1O. The van der Waals surface area contributed by atoms with Crippen LogP contribution in [0.15, 0.2) is 30.3 Å². The van der Waals surface area contributed by atoms with Gasteiger partial charge in [0.25, 0.3) is 0 Å². The van der Waals surface area contributed by atoms with Crippen LogP contribution in [-0.4, -0.2) is 22.2 Å². The molecular formula is C18H21NO4. The molecule has 0 unspecified atom stereocenters. The molecule has 23 heavy (non-hydrogen) atoms. The summed E-state index contributed by atoms with van der Waals surface area (Å²) in [4.78, 5) is 10.9. The summed E-state index contributed by atoms with van der Waals surface area (Å²) >= 11 is 0. The van der Waals surface area contributed by atoms with Crippen LogP contribution in [0.1, 0.15) is 22.3 Å². The first-order valence-electron chi connectivity index (χ1n) is 7.34. The number of carbonyl (C=O) groups is 1. The molecule has 0 saturated carbocycles. The minimum Gasteiger partial charge on any atom is -0.508 e. The summed E-state index contributed by atoms with van der Waals surface area (Å²) in [6.07, 6.45) is 0.273. The molecule has 0 aliphatic rings. The van der Waals surface area contributed by atoms with Crippen molar-refractivity contribution < 1.29 is 19.7 Å². The topological polar surface area (TPSA) is 92.8 Å². The van der Waals surface area contributed by atoms with E-state index in [1.54, 1.807) is 25.1 Å². The quantitative estimate of drug-likeness (QED) is 0.788. The van der Waals surface area contributed by atoms with Gasteiger partial charge in [-0.3, -0.25) is 4.79 Å². The van der Waals surface area contributed by atoms with E-state index in [0.717, 1.165) is 28.0 Å². The van der Waals surface area contributed by atoms with E-state index in [4.69, 9.17) is 15.6 Å². The molecule has 0 amide bonds. The lowest BCUT2D eigenvalue weighted by molar-refractivity contribution is -0.138. The van der Waals surface area contributed by atoms with Gasteiger partial charge in [0, 0.05) is 0 Å². The molecule has 5 nitrogen and oxygen atoms in total. The van der Waals surface area contributed by atoms with Gasteiger partial charge in [0.15, 0.2) is 0 Å². The molecule has 5 heteroatoms. The summed E-state index contributed by atoms with van der Waals surface area (Å²) in [5, 5.41) is 18.5. The van der Waals surface area contributed by atoms with Crippen LogP contribution in [0.3, 0.4) is 0 Å². The van der Waals surface area contributed by atoms with Crippen molar-refractivity contribution in [1.82, 2.24) is 0 Å². The number of hydrogen-bond donors (Lipinski definition) is 3. The monoisotopic (exact) mass is 315 g/mol. The Labute approximate surface area is 135 Å². The van der Waals surface area contributed by atoms with Gasteiger partial charge in [-0.25, -0.2) is 0 Å². The second-order valence-corrected chi connectivity index (χ2v) is 5.76. The van der Waals surface area contributed by atoms with Gasteiger partial charge in [-0.15, -0.1) is 0 Å². The predicted octanol–water partition coefficient (Wildman–Crippen LogP) is 3.06. The number of aryl methyl sites for hydroxylation is 3. The number of aliphatic carboxylic acids is 1. The summed E-state index contributed by atoms with van der Waals surface area (Å²) < 4.78 is 5.92. The van der Waals surface area contributed by atoms with Crippen LogP contribution in [0.2, 0.25) is 0 Å². The normalized spacial score (nSPS) is 12.0. The fraction of sp³-hybridized carbons (Fsp3) is 0.278. The van der Waals surface area contributed by atoms with Gasteiger partial charge >= 0.3 is 5.97 Å². The molecule has 0 aliphatic carbocycles.